The van der Waals surface area contributed by atoms with Crippen LogP contribution in [0.25, 0.3) is 0 Å². The maximum Gasteiger partial charge on any atom is 0.0621 e. The smallest absolute Gasteiger partial charge is 0.0621 e. The van der Waals surface area contributed by atoms with Gasteiger partial charge < -0.3 is 15.7 Å². The molecule has 0 spiro atoms. The number of para-hydroxylation sites is 1. The maximum atomic E-state index is 9.19. The zero-order valence-electron chi connectivity index (χ0n) is 11.0. The molecule has 1 unspecified atom stereocenters. The van der Waals surface area contributed by atoms with Crippen molar-refractivity contribution < 1.29 is 5.11 Å². The van der Waals surface area contributed by atoms with Gasteiger partial charge in [-0.2, -0.15) is 0 Å². The third-order valence-corrected chi connectivity index (χ3v) is 3.44. The highest BCUT2D eigenvalue weighted by Crippen LogP contribution is 2.16. The molecule has 0 aliphatic carbocycles. The molecule has 3 N–H and O–H groups in total. The molecule has 4 nitrogen and oxygen atoms in total. The summed E-state index contributed by atoms with van der Waals surface area (Å²) in [5.41, 5.74) is 6.78. The fraction of sp³-hybridized carbons (Fsp3) is 0.571. The van der Waals surface area contributed by atoms with Crippen molar-refractivity contribution in [3.8, 4) is 0 Å². The van der Waals surface area contributed by atoms with Gasteiger partial charge >= 0.3 is 0 Å². The first-order valence-corrected chi connectivity index (χ1v) is 6.53. The summed E-state index contributed by atoms with van der Waals surface area (Å²) in [6.07, 6.45) is 0. The molecular weight excluding hydrogens is 226 g/mol. The molecule has 0 radical (unpaired) electrons. The zero-order valence-corrected chi connectivity index (χ0v) is 11.0. The Labute approximate surface area is 109 Å². The van der Waals surface area contributed by atoms with Crippen LogP contribution in [-0.2, 0) is 0 Å². The predicted octanol–water partition coefficient (Wildman–Crippen LogP) is 0.518. The summed E-state index contributed by atoms with van der Waals surface area (Å²) in [5, 5.41) is 9.19. The minimum absolute atomic E-state index is 0.0336. The van der Waals surface area contributed by atoms with E-state index in [4.69, 9.17) is 5.73 Å². The van der Waals surface area contributed by atoms with E-state index in [0.717, 1.165) is 32.7 Å². The Morgan fingerprint density at radius 1 is 1.17 bits per heavy atom. The van der Waals surface area contributed by atoms with Crippen LogP contribution in [0, 0.1) is 0 Å². The normalized spacial score (nSPS) is 20.7. The van der Waals surface area contributed by atoms with Crippen LogP contribution in [0.3, 0.4) is 0 Å². The Morgan fingerprint density at radius 2 is 1.78 bits per heavy atom. The van der Waals surface area contributed by atoms with Crippen molar-refractivity contribution in [1.82, 2.24) is 4.90 Å². The fourth-order valence-corrected chi connectivity index (χ4v) is 2.36. The van der Waals surface area contributed by atoms with Crippen LogP contribution in [0.15, 0.2) is 30.3 Å². The van der Waals surface area contributed by atoms with Gasteiger partial charge in [0.15, 0.2) is 0 Å². The molecule has 1 saturated heterocycles. The summed E-state index contributed by atoms with van der Waals surface area (Å²) < 4.78 is 0. The number of aliphatic hydroxyl groups excluding tert-OH is 1. The number of hydrogen-bond donors (Lipinski definition) is 2. The summed E-state index contributed by atoms with van der Waals surface area (Å²) in [6, 6.07) is 10.5. The zero-order chi connectivity index (χ0) is 13.0. The van der Waals surface area contributed by atoms with Gasteiger partial charge in [-0.1, -0.05) is 18.2 Å². The summed E-state index contributed by atoms with van der Waals surface area (Å²) >= 11 is 0. The van der Waals surface area contributed by atoms with Crippen molar-refractivity contribution in [2.24, 2.45) is 5.73 Å². The average Bonchev–Trinajstić information content (AvgIpc) is 2.40. The van der Waals surface area contributed by atoms with Crippen molar-refractivity contribution in [2.75, 3.05) is 44.2 Å². The van der Waals surface area contributed by atoms with Crippen molar-refractivity contribution >= 4 is 5.69 Å². The Balaban J connectivity index is 1.85. The highest BCUT2D eigenvalue weighted by molar-refractivity contribution is 5.46. The third kappa shape index (κ3) is 3.45. The van der Waals surface area contributed by atoms with Gasteiger partial charge in [-0.15, -0.1) is 0 Å². The second-order valence-corrected chi connectivity index (χ2v) is 5.41. The molecule has 0 saturated carbocycles. The molecule has 18 heavy (non-hydrogen) atoms. The highest BCUT2D eigenvalue weighted by Gasteiger charge is 2.24. The lowest BCUT2D eigenvalue weighted by atomic mass is 10.0. The lowest BCUT2D eigenvalue weighted by molar-refractivity contribution is 0.143. The average molecular weight is 249 g/mol. The number of aliphatic hydroxyl groups is 1. The molecule has 0 aromatic heterocycles. The van der Waals surface area contributed by atoms with Crippen LogP contribution >= 0.6 is 0 Å². The SMILES string of the molecule is CC(N)(CO)CN1CCN(c2ccccc2)CC1. The largest absolute Gasteiger partial charge is 0.394 e. The van der Waals surface area contributed by atoms with Crippen LogP contribution in [0.5, 0.6) is 0 Å². The standard InChI is InChI=1S/C14H23N3O/c1-14(15,12-18)11-16-7-9-17(10-8-16)13-5-3-2-4-6-13/h2-6,18H,7-12,15H2,1H3. The number of piperazine rings is 1. The molecule has 4 heteroatoms. The van der Waals surface area contributed by atoms with Crippen LogP contribution in [0.4, 0.5) is 5.69 Å². The highest BCUT2D eigenvalue weighted by atomic mass is 16.3. The van der Waals surface area contributed by atoms with E-state index in [1.54, 1.807) is 0 Å². The van der Waals surface area contributed by atoms with E-state index in [1.807, 2.05) is 13.0 Å². The number of rotatable bonds is 4. The Hall–Kier alpha value is -1.10. The molecule has 1 heterocycles. The van der Waals surface area contributed by atoms with E-state index in [2.05, 4.69) is 34.1 Å². The van der Waals surface area contributed by atoms with Gasteiger partial charge in [-0.25, -0.2) is 0 Å². The van der Waals surface area contributed by atoms with Gasteiger partial charge in [-0.05, 0) is 19.1 Å². The Morgan fingerprint density at radius 3 is 2.33 bits per heavy atom. The molecular formula is C14H23N3O. The van der Waals surface area contributed by atoms with Crippen LogP contribution < -0.4 is 10.6 Å². The molecule has 1 aliphatic heterocycles. The number of nitrogens with two attached hydrogens (primary N) is 1. The van der Waals surface area contributed by atoms with Crippen LogP contribution in [0.1, 0.15) is 6.92 Å². The first-order valence-electron chi connectivity index (χ1n) is 6.53. The minimum Gasteiger partial charge on any atom is -0.394 e. The van der Waals surface area contributed by atoms with Gasteiger partial charge in [0.25, 0.3) is 0 Å². The molecule has 1 aliphatic rings. The van der Waals surface area contributed by atoms with Gasteiger partial charge in [0.05, 0.1) is 6.61 Å². The first-order chi connectivity index (χ1) is 8.61. The summed E-state index contributed by atoms with van der Waals surface area (Å²) in [4.78, 5) is 4.72. The van der Waals surface area contributed by atoms with E-state index in [9.17, 15) is 5.11 Å². The molecule has 0 bridgehead atoms. The molecule has 1 aromatic rings. The molecule has 1 fully saturated rings. The van der Waals surface area contributed by atoms with E-state index >= 15 is 0 Å². The number of benzene rings is 1. The van der Waals surface area contributed by atoms with Crippen molar-refractivity contribution in [1.29, 1.82) is 0 Å². The lowest BCUT2D eigenvalue weighted by Gasteiger charge is -2.39. The summed E-state index contributed by atoms with van der Waals surface area (Å²) in [6.45, 7) is 6.73. The lowest BCUT2D eigenvalue weighted by Crippen LogP contribution is -2.55. The third-order valence-electron chi connectivity index (χ3n) is 3.44. The Bertz CT molecular complexity index is 359. The molecule has 0 amide bonds. The number of anilines is 1. The van der Waals surface area contributed by atoms with Crippen molar-refractivity contribution in [3.63, 3.8) is 0 Å². The fourth-order valence-electron chi connectivity index (χ4n) is 2.36. The Kier molecular flexibility index (Phi) is 4.22. The van der Waals surface area contributed by atoms with E-state index < -0.39 is 5.54 Å². The monoisotopic (exact) mass is 249 g/mol. The number of hydrogen-bond acceptors (Lipinski definition) is 4. The maximum absolute atomic E-state index is 9.19. The van der Waals surface area contributed by atoms with E-state index in [0.29, 0.717) is 0 Å². The van der Waals surface area contributed by atoms with Crippen LogP contribution in [0.2, 0.25) is 0 Å². The summed E-state index contributed by atoms with van der Waals surface area (Å²) in [5.74, 6) is 0. The molecule has 1 atom stereocenters. The van der Waals surface area contributed by atoms with E-state index in [-0.39, 0.29) is 6.61 Å². The van der Waals surface area contributed by atoms with Gasteiger partial charge in [-0.3, -0.25) is 4.90 Å². The predicted molar refractivity (Wildman–Crippen MR) is 74.8 cm³/mol. The molecule has 100 valence electrons. The second-order valence-electron chi connectivity index (χ2n) is 5.41. The van der Waals surface area contributed by atoms with Gasteiger partial charge in [0, 0.05) is 44.0 Å². The molecule has 2 rings (SSSR count). The summed E-state index contributed by atoms with van der Waals surface area (Å²) in [7, 11) is 0. The van der Waals surface area contributed by atoms with Crippen molar-refractivity contribution in [2.45, 2.75) is 12.5 Å². The van der Waals surface area contributed by atoms with Gasteiger partial charge in [0.2, 0.25) is 0 Å². The van der Waals surface area contributed by atoms with E-state index in [1.165, 1.54) is 5.69 Å². The van der Waals surface area contributed by atoms with Gasteiger partial charge in [0.1, 0.15) is 0 Å². The van der Waals surface area contributed by atoms with Crippen molar-refractivity contribution in [3.05, 3.63) is 30.3 Å². The second kappa shape index (κ2) is 5.69. The quantitative estimate of drug-likeness (QED) is 0.817. The molecule has 1 aromatic carbocycles. The topological polar surface area (TPSA) is 52.7 Å². The first kappa shape index (κ1) is 13.3. The van der Waals surface area contributed by atoms with Crippen LogP contribution in [-0.4, -0.2) is 54.9 Å². The number of nitrogens with zero attached hydrogens (tertiary/aromatic N) is 2. The minimum atomic E-state index is -0.491.